The zero-order valence-electron chi connectivity index (χ0n) is 21.5. The average molecular weight is 586 g/mol. The van der Waals surface area contributed by atoms with E-state index in [4.69, 9.17) is 10.9 Å². The van der Waals surface area contributed by atoms with Gasteiger partial charge in [-0.15, -0.1) is 21.5 Å². The van der Waals surface area contributed by atoms with E-state index in [0.29, 0.717) is 27.3 Å². The molecule has 17 heteroatoms. The number of piperazine rings is 1. The van der Waals surface area contributed by atoms with Crippen LogP contribution in [0.25, 0.3) is 10.9 Å². The van der Waals surface area contributed by atoms with Gasteiger partial charge in [0.1, 0.15) is 5.03 Å². The highest BCUT2D eigenvalue weighted by Gasteiger charge is 2.39. The van der Waals surface area contributed by atoms with Crippen molar-refractivity contribution in [3.63, 3.8) is 0 Å². The highest BCUT2D eigenvalue weighted by atomic mass is 32.2. The van der Waals surface area contributed by atoms with Crippen LogP contribution in [-0.2, 0) is 29.4 Å². The van der Waals surface area contributed by atoms with Crippen molar-refractivity contribution in [1.29, 1.82) is 0 Å². The molecule has 15 nitrogen and oxygen atoms in total. The zero-order chi connectivity index (χ0) is 28.0. The molecule has 3 aromatic heterocycles. The van der Waals surface area contributed by atoms with E-state index in [2.05, 4.69) is 40.6 Å². The van der Waals surface area contributed by atoms with E-state index >= 15 is 0 Å². The van der Waals surface area contributed by atoms with Gasteiger partial charge in [-0.2, -0.15) is 9.52 Å². The number of aromatic amines is 2. The maximum atomic E-state index is 13.7. The van der Waals surface area contributed by atoms with Gasteiger partial charge in [-0.25, -0.2) is 13.4 Å². The maximum Gasteiger partial charge on any atom is 0.283 e. The number of aromatic nitrogens is 6. The Hall–Kier alpha value is -3.93. The van der Waals surface area contributed by atoms with Crippen LogP contribution in [0, 0.1) is 0 Å². The predicted octanol–water partition coefficient (Wildman–Crippen LogP) is -0.0221. The summed E-state index contributed by atoms with van der Waals surface area (Å²) in [6.45, 7) is 1.97. The van der Waals surface area contributed by atoms with Gasteiger partial charge in [0.05, 0.1) is 11.7 Å². The number of benzene rings is 1. The Morgan fingerprint density at radius 2 is 2.12 bits per heavy atom. The lowest BCUT2D eigenvalue weighted by Gasteiger charge is -2.39. The van der Waals surface area contributed by atoms with E-state index in [1.54, 1.807) is 29.2 Å². The number of sulfonamides is 1. The molecular formula is C23H27N11O4S2. The molecule has 1 aromatic carbocycles. The van der Waals surface area contributed by atoms with Gasteiger partial charge in [0.25, 0.3) is 15.9 Å². The number of carbonyl (C=O) groups excluding carboxylic acids is 1. The number of oxime groups is 1. The van der Waals surface area contributed by atoms with Crippen LogP contribution in [0.3, 0.4) is 0 Å². The number of hydrogen-bond donors (Lipinski definition) is 4. The summed E-state index contributed by atoms with van der Waals surface area (Å²) in [4.78, 5) is 26.2. The molecule has 5 heterocycles. The summed E-state index contributed by atoms with van der Waals surface area (Å²) in [5.74, 6) is 0.0661. The molecule has 0 saturated carbocycles. The van der Waals surface area contributed by atoms with Gasteiger partial charge in [0.15, 0.2) is 16.7 Å². The molecule has 1 atom stereocenters. The maximum absolute atomic E-state index is 13.7. The third-order valence-electron chi connectivity index (χ3n) is 7.24. The third-order valence-corrected chi connectivity index (χ3v) is 10.1. The molecule has 0 spiro atoms. The summed E-state index contributed by atoms with van der Waals surface area (Å²) in [6, 6.07) is 5.96. The fourth-order valence-corrected chi connectivity index (χ4v) is 7.73. The molecular weight excluding hydrogens is 558 g/mol. The highest BCUT2D eigenvalue weighted by molar-refractivity contribution is 7.89. The summed E-state index contributed by atoms with van der Waals surface area (Å²) in [5.41, 5.74) is 7.61. The van der Waals surface area contributed by atoms with Crippen molar-refractivity contribution in [2.75, 3.05) is 33.2 Å². The minimum Gasteiger partial charge on any atom is -0.409 e. The Bertz CT molecular complexity index is 1700. The number of carbonyl (C=O) groups is 1. The van der Waals surface area contributed by atoms with E-state index in [1.165, 1.54) is 15.6 Å². The van der Waals surface area contributed by atoms with E-state index in [-0.39, 0.29) is 42.8 Å². The second-order valence-corrected chi connectivity index (χ2v) is 12.8. The number of amidine groups is 1. The number of hydrogen-bond acceptors (Lipinski definition) is 11. The summed E-state index contributed by atoms with van der Waals surface area (Å²) >= 11 is 1.40. The molecule has 2 aliphatic rings. The number of nitrogens with one attached hydrogen (secondary N) is 2. The number of likely N-dealkylation sites (N-methyl/N-ethyl adjacent to an activating group) is 1. The zero-order valence-corrected chi connectivity index (χ0v) is 23.1. The number of H-pyrrole nitrogens is 2. The van der Waals surface area contributed by atoms with Crippen molar-refractivity contribution in [3.8, 4) is 0 Å². The van der Waals surface area contributed by atoms with Gasteiger partial charge < -0.3 is 25.7 Å². The lowest BCUT2D eigenvalue weighted by Crippen LogP contribution is -2.57. The quantitative estimate of drug-likeness (QED) is 0.103. The summed E-state index contributed by atoms with van der Waals surface area (Å²) in [5, 5.41) is 27.1. The van der Waals surface area contributed by atoms with Crippen LogP contribution in [-0.4, -0.2) is 109 Å². The van der Waals surface area contributed by atoms with Crippen LogP contribution >= 0.6 is 11.3 Å². The molecule has 0 radical (unpaired) electrons. The minimum absolute atomic E-state index is 0.00830. The first-order valence-corrected chi connectivity index (χ1v) is 14.8. The molecule has 4 aromatic rings. The second kappa shape index (κ2) is 10.2. The molecule has 1 fully saturated rings. The average Bonchev–Trinajstić information content (AvgIpc) is 3.71. The van der Waals surface area contributed by atoms with Gasteiger partial charge >= 0.3 is 0 Å². The molecule has 6 rings (SSSR count). The molecule has 2 aliphatic heterocycles. The molecule has 0 bridgehead atoms. The molecule has 0 aliphatic carbocycles. The van der Waals surface area contributed by atoms with E-state index < -0.39 is 16.1 Å². The Labute approximate surface area is 232 Å². The fraction of sp³-hybridized carbons (Fsp3) is 0.391. The number of nitrogens with two attached hydrogens (primary N) is 1. The predicted molar refractivity (Wildman–Crippen MR) is 144 cm³/mol. The summed E-state index contributed by atoms with van der Waals surface area (Å²) in [7, 11) is -1.91. The first-order valence-electron chi connectivity index (χ1n) is 12.5. The molecule has 210 valence electrons. The largest absolute Gasteiger partial charge is 0.409 e. The first kappa shape index (κ1) is 26.3. The van der Waals surface area contributed by atoms with Gasteiger partial charge in [-0.1, -0.05) is 22.5 Å². The Morgan fingerprint density at radius 1 is 1.27 bits per heavy atom. The molecule has 40 heavy (non-hydrogen) atoms. The van der Waals surface area contributed by atoms with E-state index in [1.807, 2.05) is 7.05 Å². The Kier molecular flexibility index (Phi) is 6.73. The van der Waals surface area contributed by atoms with Crippen LogP contribution in [0.5, 0.6) is 0 Å². The minimum atomic E-state index is -3.95. The lowest BCUT2D eigenvalue weighted by atomic mass is 10.1. The fourth-order valence-electron chi connectivity index (χ4n) is 5.10. The topological polar surface area (TPSA) is 203 Å². The van der Waals surface area contributed by atoms with Crippen molar-refractivity contribution < 1.29 is 18.4 Å². The normalized spacial score (nSPS) is 19.3. The highest BCUT2D eigenvalue weighted by Crippen LogP contribution is 2.29. The van der Waals surface area contributed by atoms with Crippen molar-refractivity contribution >= 4 is 44.0 Å². The first-order chi connectivity index (χ1) is 19.2. The van der Waals surface area contributed by atoms with Gasteiger partial charge in [0, 0.05) is 66.9 Å². The Balaban J connectivity index is 1.27. The van der Waals surface area contributed by atoms with Crippen LogP contribution in [0.2, 0.25) is 0 Å². The smallest absolute Gasteiger partial charge is 0.283 e. The van der Waals surface area contributed by atoms with Gasteiger partial charge in [-0.3, -0.25) is 4.79 Å². The van der Waals surface area contributed by atoms with E-state index in [9.17, 15) is 13.2 Å². The number of rotatable bonds is 6. The monoisotopic (exact) mass is 585 g/mol. The standard InChI is InChI=1S/C23H27N11O4S2/c1-32-5-4-16-18(12-32)39-22(26-16)23(35)34-7-6-33(11-15(34)10-19-27-30-31-28-19)40(37,38)20-9-13-2-3-14(21(24)29-36)8-17(13)25-20/h2-3,8-9,15,25,36H,4-7,10-12H2,1H3,(H2,24,29)(H,27,28,30,31). The number of fused-ring (bicyclic) bond motifs is 2. The van der Waals surface area contributed by atoms with Crippen molar-refractivity contribution in [2.45, 2.75) is 30.5 Å². The summed E-state index contributed by atoms with van der Waals surface area (Å²) < 4.78 is 28.8. The van der Waals surface area contributed by atoms with Gasteiger partial charge in [0.2, 0.25) is 0 Å². The van der Waals surface area contributed by atoms with E-state index in [0.717, 1.165) is 30.1 Å². The third kappa shape index (κ3) is 4.80. The van der Waals surface area contributed by atoms with Crippen LogP contribution in [0.15, 0.2) is 34.4 Å². The second-order valence-electron chi connectivity index (χ2n) is 9.85. The van der Waals surface area contributed by atoms with Gasteiger partial charge in [-0.05, 0) is 19.2 Å². The number of thiazole rings is 1. The van der Waals surface area contributed by atoms with Crippen molar-refractivity contribution in [2.24, 2.45) is 10.9 Å². The number of amides is 1. The number of tetrazole rings is 1. The molecule has 5 N–H and O–H groups in total. The Morgan fingerprint density at radius 3 is 2.90 bits per heavy atom. The summed E-state index contributed by atoms with van der Waals surface area (Å²) in [6.07, 6.45) is 1.01. The van der Waals surface area contributed by atoms with Crippen LogP contribution in [0.1, 0.15) is 31.8 Å². The van der Waals surface area contributed by atoms with Crippen LogP contribution < -0.4 is 5.73 Å². The molecule has 1 amide bonds. The lowest BCUT2D eigenvalue weighted by molar-refractivity contribution is 0.0561. The SMILES string of the molecule is CN1CCc2nc(C(=O)N3CCN(S(=O)(=O)c4cc5ccc(C(N)=NO)cc5[nH]4)CC3Cc3nn[nH]n3)sc2C1. The van der Waals surface area contributed by atoms with Crippen molar-refractivity contribution in [1.82, 2.24) is 44.7 Å². The molecule has 1 saturated heterocycles. The van der Waals surface area contributed by atoms with Crippen molar-refractivity contribution in [3.05, 3.63) is 51.2 Å². The molecule has 1 unspecified atom stereocenters. The number of nitrogens with zero attached hydrogens (tertiary/aromatic N) is 8. The van der Waals surface area contributed by atoms with Crippen LogP contribution in [0.4, 0.5) is 0 Å².